The molecule has 0 saturated carbocycles. The van der Waals surface area contributed by atoms with Gasteiger partial charge in [0.05, 0.1) is 18.4 Å². The van der Waals surface area contributed by atoms with Crippen molar-refractivity contribution in [1.82, 2.24) is 19.7 Å². The zero-order chi connectivity index (χ0) is 20.8. The third kappa shape index (κ3) is 5.69. The van der Waals surface area contributed by atoms with Gasteiger partial charge < -0.3 is 14.5 Å². The highest BCUT2D eigenvalue weighted by atomic mass is 32.2. The number of aromatic nitrogens is 3. The number of thioether (sulfide) groups is 1. The van der Waals surface area contributed by atoms with Crippen molar-refractivity contribution in [2.45, 2.75) is 82.5 Å². The molecule has 0 aliphatic carbocycles. The summed E-state index contributed by atoms with van der Waals surface area (Å²) in [4.78, 5) is 17.3. The van der Waals surface area contributed by atoms with Crippen LogP contribution in [0.15, 0.2) is 5.16 Å². The number of piperidine rings is 1. The molecule has 168 valence electrons. The van der Waals surface area contributed by atoms with Crippen LogP contribution in [-0.2, 0) is 16.1 Å². The SMILES string of the molecule is CC1CCN(c2nnc(SCC(=O)N3CCCCCCC3)n2CC2CCCO2)CC1. The molecule has 7 nitrogen and oxygen atoms in total. The number of rotatable bonds is 6. The number of hydrogen-bond acceptors (Lipinski definition) is 6. The second-order valence-corrected chi connectivity index (χ2v) is 10.1. The van der Waals surface area contributed by atoms with Gasteiger partial charge in [-0.15, -0.1) is 10.2 Å². The van der Waals surface area contributed by atoms with E-state index in [9.17, 15) is 4.79 Å². The second kappa shape index (κ2) is 10.8. The van der Waals surface area contributed by atoms with Crippen LogP contribution in [0.25, 0.3) is 0 Å². The molecule has 1 aromatic rings. The topological polar surface area (TPSA) is 63.5 Å². The fourth-order valence-electron chi connectivity index (χ4n) is 4.70. The van der Waals surface area contributed by atoms with Crippen LogP contribution < -0.4 is 4.90 Å². The summed E-state index contributed by atoms with van der Waals surface area (Å²) >= 11 is 1.55. The van der Waals surface area contributed by atoms with Gasteiger partial charge in [-0.3, -0.25) is 9.36 Å². The normalized spacial score (nSPS) is 24.1. The van der Waals surface area contributed by atoms with Crippen molar-refractivity contribution in [3.63, 3.8) is 0 Å². The Labute approximate surface area is 184 Å². The van der Waals surface area contributed by atoms with Gasteiger partial charge in [0, 0.05) is 32.8 Å². The third-order valence-corrected chi connectivity index (χ3v) is 7.66. The van der Waals surface area contributed by atoms with Crippen molar-refractivity contribution in [1.29, 1.82) is 0 Å². The lowest BCUT2D eigenvalue weighted by Gasteiger charge is -2.31. The molecule has 3 aliphatic rings. The van der Waals surface area contributed by atoms with Gasteiger partial charge in [-0.1, -0.05) is 37.9 Å². The lowest BCUT2D eigenvalue weighted by atomic mass is 10.00. The Morgan fingerprint density at radius 1 is 1.00 bits per heavy atom. The second-order valence-electron chi connectivity index (χ2n) is 9.14. The summed E-state index contributed by atoms with van der Waals surface area (Å²) in [7, 11) is 0. The number of hydrogen-bond donors (Lipinski definition) is 0. The maximum Gasteiger partial charge on any atom is 0.233 e. The van der Waals surface area contributed by atoms with Crippen molar-refractivity contribution in [2.75, 3.05) is 43.4 Å². The Bertz CT molecular complexity index is 675. The first-order chi connectivity index (χ1) is 14.7. The Morgan fingerprint density at radius 3 is 2.43 bits per heavy atom. The van der Waals surface area contributed by atoms with Gasteiger partial charge >= 0.3 is 0 Å². The van der Waals surface area contributed by atoms with Gasteiger partial charge in [0.25, 0.3) is 0 Å². The Balaban J connectivity index is 1.42. The molecule has 1 amide bonds. The number of amides is 1. The Hall–Kier alpha value is -1.28. The number of anilines is 1. The Morgan fingerprint density at radius 2 is 1.73 bits per heavy atom. The number of nitrogens with zero attached hydrogens (tertiary/aromatic N) is 5. The average molecular weight is 436 g/mol. The van der Waals surface area contributed by atoms with E-state index in [1.165, 1.54) is 32.1 Å². The molecule has 30 heavy (non-hydrogen) atoms. The molecule has 8 heteroatoms. The van der Waals surface area contributed by atoms with Crippen LogP contribution in [0.4, 0.5) is 5.95 Å². The van der Waals surface area contributed by atoms with E-state index in [4.69, 9.17) is 4.74 Å². The molecule has 1 unspecified atom stereocenters. The van der Waals surface area contributed by atoms with Crippen LogP contribution in [0.1, 0.15) is 64.7 Å². The van der Waals surface area contributed by atoms with Gasteiger partial charge in [0.1, 0.15) is 0 Å². The van der Waals surface area contributed by atoms with E-state index < -0.39 is 0 Å². The molecule has 3 saturated heterocycles. The van der Waals surface area contributed by atoms with Gasteiger partial charge in [-0.25, -0.2) is 0 Å². The molecule has 3 aliphatic heterocycles. The predicted octanol–water partition coefficient (Wildman–Crippen LogP) is 3.58. The van der Waals surface area contributed by atoms with E-state index in [1.807, 2.05) is 0 Å². The van der Waals surface area contributed by atoms with E-state index in [0.717, 1.165) is 82.0 Å². The van der Waals surface area contributed by atoms with Gasteiger partial charge in [0.15, 0.2) is 5.16 Å². The fourth-order valence-corrected chi connectivity index (χ4v) is 5.54. The van der Waals surface area contributed by atoms with Crippen LogP contribution in [0, 0.1) is 5.92 Å². The minimum absolute atomic E-state index is 0.230. The molecular formula is C22H37N5O2S. The van der Waals surface area contributed by atoms with E-state index >= 15 is 0 Å². The highest BCUT2D eigenvalue weighted by molar-refractivity contribution is 7.99. The van der Waals surface area contributed by atoms with Crippen LogP contribution in [-0.4, -0.2) is 70.2 Å². The van der Waals surface area contributed by atoms with Gasteiger partial charge in [0.2, 0.25) is 11.9 Å². The van der Waals surface area contributed by atoms with Crippen molar-refractivity contribution < 1.29 is 9.53 Å². The first-order valence-electron chi connectivity index (χ1n) is 11.9. The summed E-state index contributed by atoms with van der Waals surface area (Å²) in [5.74, 6) is 2.42. The van der Waals surface area contributed by atoms with Crippen LogP contribution in [0.2, 0.25) is 0 Å². The van der Waals surface area contributed by atoms with Crippen LogP contribution in [0.5, 0.6) is 0 Å². The number of carbonyl (C=O) groups excluding carboxylic acids is 1. The lowest BCUT2D eigenvalue weighted by molar-refractivity contribution is -0.128. The zero-order valence-corrected chi connectivity index (χ0v) is 19.2. The quantitative estimate of drug-likeness (QED) is 0.637. The monoisotopic (exact) mass is 435 g/mol. The van der Waals surface area contributed by atoms with E-state index in [1.54, 1.807) is 11.8 Å². The molecule has 0 spiro atoms. The summed E-state index contributed by atoms with van der Waals surface area (Å²) in [6.07, 6.45) is 10.9. The number of likely N-dealkylation sites (tertiary alicyclic amines) is 1. The molecular weight excluding hydrogens is 398 g/mol. The van der Waals surface area contributed by atoms with E-state index in [0.29, 0.717) is 5.75 Å². The smallest absolute Gasteiger partial charge is 0.233 e. The summed E-state index contributed by atoms with van der Waals surface area (Å²) in [6.45, 7) is 7.82. The third-order valence-electron chi connectivity index (χ3n) is 6.71. The van der Waals surface area contributed by atoms with Crippen LogP contribution >= 0.6 is 11.8 Å². The van der Waals surface area contributed by atoms with Crippen LogP contribution in [0.3, 0.4) is 0 Å². The van der Waals surface area contributed by atoms with Gasteiger partial charge in [-0.2, -0.15) is 0 Å². The summed E-state index contributed by atoms with van der Waals surface area (Å²) in [6, 6.07) is 0. The van der Waals surface area contributed by atoms with Crippen molar-refractivity contribution in [3.05, 3.63) is 0 Å². The summed E-state index contributed by atoms with van der Waals surface area (Å²) in [5.41, 5.74) is 0. The average Bonchev–Trinajstić information content (AvgIpc) is 3.37. The van der Waals surface area contributed by atoms with E-state index in [-0.39, 0.29) is 12.0 Å². The molecule has 4 heterocycles. The van der Waals surface area contributed by atoms with Crippen molar-refractivity contribution in [2.24, 2.45) is 5.92 Å². The molecule has 1 atom stereocenters. The first kappa shape index (κ1) is 21.9. The molecule has 0 aromatic carbocycles. The maximum atomic E-state index is 12.8. The standard InChI is InChI=1S/C22H37N5O2S/c1-18-9-13-26(14-10-18)21-23-24-22(27(21)16-19-8-7-15-29-19)30-17-20(28)25-11-5-3-2-4-6-12-25/h18-19H,2-17H2,1H3. The van der Waals surface area contributed by atoms with E-state index in [2.05, 4.69) is 31.5 Å². The largest absolute Gasteiger partial charge is 0.376 e. The highest BCUT2D eigenvalue weighted by Crippen LogP contribution is 2.28. The zero-order valence-electron chi connectivity index (χ0n) is 18.4. The predicted molar refractivity (Wildman–Crippen MR) is 120 cm³/mol. The maximum absolute atomic E-state index is 12.8. The fraction of sp³-hybridized carbons (Fsp3) is 0.864. The Kier molecular flexibility index (Phi) is 7.93. The molecule has 4 rings (SSSR count). The number of ether oxygens (including phenoxy) is 1. The van der Waals surface area contributed by atoms with Crippen molar-refractivity contribution >= 4 is 23.6 Å². The summed E-state index contributed by atoms with van der Waals surface area (Å²) < 4.78 is 8.13. The molecule has 0 radical (unpaired) electrons. The summed E-state index contributed by atoms with van der Waals surface area (Å²) in [5, 5.41) is 9.93. The molecule has 0 bridgehead atoms. The molecule has 0 N–H and O–H groups in total. The van der Waals surface area contributed by atoms with Crippen molar-refractivity contribution in [3.8, 4) is 0 Å². The lowest BCUT2D eigenvalue weighted by Crippen LogP contribution is -2.36. The first-order valence-corrected chi connectivity index (χ1v) is 12.9. The molecule has 1 aromatic heterocycles. The minimum Gasteiger partial charge on any atom is -0.376 e. The van der Waals surface area contributed by atoms with Gasteiger partial charge in [-0.05, 0) is 44.4 Å². The highest BCUT2D eigenvalue weighted by Gasteiger charge is 2.26. The molecule has 3 fully saturated rings. The number of carbonyl (C=O) groups is 1. The minimum atomic E-state index is 0.230.